The highest BCUT2D eigenvalue weighted by atomic mass is 16.5. The minimum atomic E-state index is -0.225. The molecule has 0 atom stereocenters. The molecule has 2 heterocycles. The fourth-order valence-corrected chi connectivity index (χ4v) is 3.02. The third-order valence-corrected chi connectivity index (χ3v) is 4.38. The van der Waals surface area contributed by atoms with E-state index in [1.54, 1.807) is 24.3 Å². The van der Waals surface area contributed by atoms with Gasteiger partial charge in [-0.25, -0.2) is 4.98 Å². The van der Waals surface area contributed by atoms with Crippen LogP contribution in [0.15, 0.2) is 30.6 Å². The number of hydrogen-bond donors (Lipinski definition) is 1. The normalized spacial score (nSPS) is 13.2. The molecule has 0 saturated carbocycles. The van der Waals surface area contributed by atoms with Crippen molar-refractivity contribution in [1.29, 1.82) is 0 Å². The average Bonchev–Trinajstić information content (AvgIpc) is 3.16. The van der Waals surface area contributed by atoms with Crippen molar-refractivity contribution in [1.82, 2.24) is 19.8 Å². The van der Waals surface area contributed by atoms with Crippen LogP contribution in [-0.2, 0) is 17.8 Å². The van der Waals surface area contributed by atoms with Gasteiger partial charge in [-0.15, -0.1) is 0 Å². The number of fused-ring (bicyclic) bond motifs is 1. The third-order valence-electron chi connectivity index (χ3n) is 4.38. The van der Waals surface area contributed by atoms with Crippen molar-refractivity contribution in [2.75, 3.05) is 26.8 Å². The van der Waals surface area contributed by atoms with Crippen LogP contribution in [0.25, 0.3) is 0 Å². The van der Waals surface area contributed by atoms with E-state index in [0.717, 1.165) is 11.4 Å². The first-order chi connectivity index (χ1) is 12.1. The first kappa shape index (κ1) is 17.2. The van der Waals surface area contributed by atoms with Gasteiger partial charge in [0.25, 0.3) is 11.8 Å². The van der Waals surface area contributed by atoms with Crippen molar-refractivity contribution in [2.24, 2.45) is 0 Å². The van der Waals surface area contributed by atoms with Gasteiger partial charge in [0.2, 0.25) is 0 Å². The molecule has 0 fully saturated rings. The summed E-state index contributed by atoms with van der Waals surface area (Å²) in [7, 11) is 1.61. The predicted octanol–water partition coefficient (Wildman–Crippen LogP) is 1.22. The number of methoxy groups -OCH3 is 1. The number of benzene rings is 1. The summed E-state index contributed by atoms with van der Waals surface area (Å²) in [4.78, 5) is 31.0. The predicted molar refractivity (Wildman–Crippen MR) is 92.4 cm³/mol. The monoisotopic (exact) mass is 342 g/mol. The lowest BCUT2D eigenvalue weighted by Gasteiger charge is -2.14. The van der Waals surface area contributed by atoms with Gasteiger partial charge in [-0.1, -0.05) is 12.1 Å². The lowest BCUT2D eigenvalue weighted by atomic mass is 10.0. The molecule has 7 nitrogen and oxygen atoms in total. The van der Waals surface area contributed by atoms with Crippen LogP contribution in [-0.4, -0.2) is 53.1 Å². The summed E-state index contributed by atoms with van der Waals surface area (Å²) >= 11 is 0. The van der Waals surface area contributed by atoms with E-state index in [-0.39, 0.29) is 11.8 Å². The van der Waals surface area contributed by atoms with Gasteiger partial charge in [0.1, 0.15) is 5.82 Å². The van der Waals surface area contributed by atoms with Gasteiger partial charge in [0.15, 0.2) is 0 Å². The Balaban J connectivity index is 1.67. The quantitative estimate of drug-likeness (QED) is 0.821. The maximum absolute atomic E-state index is 12.6. The Labute approximate surface area is 146 Å². The number of nitrogens with one attached hydrogen (secondary N) is 1. The van der Waals surface area contributed by atoms with Crippen molar-refractivity contribution in [3.05, 3.63) is 53.1 Å². The molecule has 3 rings (SSSR count). The molecule has 132 valence electrons. The number of hydrogen-bond acceptors (Lipinski definition) is 4. The molecule has 1 aromatic heterocycles. The third kappa shape index (κ3) is 3.56. The summed E-state index contributed by atoms with van der Waals surface area (Å²) in [6.07, 6.45) is 3.60. The number of ether oxygens (including phenoxy) is 1. The van der Waals surface area contributed by atoms with Crippen LogP contribution in [0.4, 0.5) is 0 Å². The van der Waals surface area contributed by atoms with E-state index in [0.29, 0.717) is 43.9 Å². The zero-order chi connectivity index (χ0) is 17.8. The van der Waals surface area contributed by atoms with E-state index < -0.39 is 0 Å². The second-order valence-electron chi connectivity index (χ2n) is 5.98. The molecule has 7 heteroatoms. The number of aryl methyl sites for hydroxylation is 1. The highest BCUT2D eigenvalue weighted by molar-refractivity contribution is 6.09. The minimum absolute atomic E-state index is 0.108. The van der Waals surface area contributed by atoms with Gasteiger partial charge in [0.05, 0.1) is 17.7 Å². The first-order valence-electron chi connectivity index (χ1n) is 8.28. The number of rotatable bonds is 7. The van der Waals surface area contributed by atoms with E-state index >= 15 is 0 Å². The molecule has 2 amide bonds. The van der Waals surface area contributed by atoms with Crippen LogP contribution in [0.3, 0.4) is 0 Å². The molecule has 1 aliphatic rings. The first-order valence-corrected chi connectivity index (χ1v) is 8.28. The molecule has 1 N–H and O–H groups in total. The molecular weight excluding hydrogens is 320 g/mol. The lowest BCUT2D eigenvalue weighted by Crippen LogP contribution is -2.31. The Hall–Kier alpha value is -2.67. The Bertz CT molecular complexity index is 784. The second kappa shape index (κ2) is 7.48. The summed E-state index contributed by atoms with van der Waals surface area (Å²) < 4.78 is 7.01. The molecule has 0 unspecified atom stereocenters. The molecule has 2 aromatic rings. The summed E-state index contributed by atoms with van der Waals surface area (Å²) in [5.41, 5.74) is 1.83. The zero-order valence-electron chi connectivity index (χ0n) is 14.5. The molecule has 0 aliphatic carbocycles. The summed E-state index contributed by atoms with van der Waals surface area (Å²) in [6.45, 7) is 4.55. The number of amides is 2. The number of carbonyl (C=O) groups is 2. The van der Waals surface area contributed by atoms with E-state index in [4.69, 9.17) is 4.74 Å². The van der Waals surface area contributed by atoms with Crippen LogP contribution in [0.2, 0.25) is 0 Å². The number of aromatic nitrogens is 2. The molecule has 0 saturated heterocycles. The number of imidazole rings is 1. The van der Waals surface area contributed by atoms with Crippen molar-refractivity contribution in [2.45, 2.75) is 20.0 Å². The maximum Gasteiger partial charge on any atom is 0.255 e. The molecule has 25 heavy (non-hydrogen) atoms. The van der Waals surface area contributed by atoms with Crippen LogP contribution in [0.5, 0.6) is 0 Å². The summed E-state index contributed by atoms with van der Waals surface area (Å²) in [5.74, 6) is 0.568. The van der Waals surface area contributed by atoms with Gasteiger partial charge in [0, 0.05) is 45.7 Å². The molecule has 1 aromatic carbocycles. The SMILES string of the molecule is COCCN1Cc2cccc(C(=O)NCCn3ccnc3C)c2C1=O. The fourth-order valence-electron chi connectivity index (χ4n) is 3.02. The van der Waals surface area contributed by atoms with E-state index in [9.17, 15) is 9.59 Å². The highest BCUT2D eigenvalue weighted by Crippen LogP contribution is 2.25. The molecule has 0 spiro atoms. The van der Waals surface area contributed by atoms with E-state index in [1.165, 1.54) is 0 Å². The van der Waals surface area contributed by atoms with Crippen LogP contribution >= 0.6 is 0 Å². The molecule has 0 radical (unpaired) electrons. The van der Waals surface area contributed by atoms with Crippen LogP contribution in [0, 0.1) is 6.92 Å². The summed E-state index contributed by atoms with van der Waals surface area (Å²) in [6, 6.07) is 5.42. The Morgan fingerprint density at radius 2 is 2.20 bits per heavy atom. The topological polar surface area (TPSA) is 76.5 Å². The van der Waals surface area contributed by atoms with E-state index in [1.807, 2.05) is 29.8 Å². The smallest absolute Gasteiger partial charge is 0.255 e. The molecule has 1 aliphatic heterocycles. The second-order valence-corrected chi connectivity index (χ2v) is 5.98. The van der Waals surface area contributed by atoms with Crippen molar-refractivity contribution in [3.63, 3.8) is 0 Å². The lowest BCUT2D eigenvalue weighted by molar-refractivity contribution is 0.0715. The van der Waals surface area contributed by atoms with Gasteiger partial charge >= 0.3 is 0 Å². The average molecular weight is 342 g/mol. The van der Waals surface area contributed by atoms with Crippen molar-refractivity contribution in [3.8, 4) is 0 Å². The van der Waals surface area contributed by atoms with Gasteiger partial charge in [-0.3, -0.25) is 9.59 Å². The Morgan fingerprint density at radius 1 is 1.36 bits per heavy atom. The number of carbonyl (C=O) groups excluding carboxylic acids is 2. The molecule has 0 bridgehead atoms. The van der Waals surface area contributed by atoms with Crippen LogP contribution in [0.1, 0.15) is 32.1 Å². The minimum Gasteiger partial charge on any atom is -0.383 e. The van der Waals surface area contributed by atoms with Gasteiger partial charge in [-0.05, 0) is 18.6 Å². The summed E-state index contributed by atoms with van der Waals surface area (Å²) in [5, 5.41) is 2.89. The zero-order valence-corrected chi connectivity index (χ0v) is 14.5. The Morgan fingerprint density at radius 3 is 2.92 bits per heavy atom. The molecular formula is C18H22N4O3. The fraction of sp³-hybridized carbons (Fsp3) is 0.389. The largest absolute Gasteiger partial charge is 0.383 e. The van der Waals surface area contributed by atoms with Crippen molar-refractivity contribution < 1.29 is 14.3 Å². The maximum atomic E-state index is 12.6. The number of nitrogens with zero attached hydrogens (tertiary/aromatic N) is 3. The highest BCUT2D eigenvalue weighted by Gasteiger charge is 2.31. The van der Waals surface area contributed by atoms with Gasteiger partial charge in [-0.2, -0.15) is 0 Å². The Kier molecular flexibility index (Phi) is 5.14. The van der Waals surface area contributed by atoms with E-state index in [2.05, 4.69) is 10.3 Å². The standard InChI is InChI=1S/C18H22N4O3/c1-13-19-6-8-21(13)9-7-20-17(23)15-5-3-4-14-12-22(10-11-25-2)18(24)16(14)15/h3-6,8H,7,9-12H2,1-2H3,(H,20,23). The van der Waals surface area contributed by atoms with Crippen molar-refractivity contribution >= 4 is 11.8 Å². The van der Waals surface area contributed by atoms with Gasteiger partial charge < -0.3 is 19.5 Å². The van der Waals surface area contributed by atoms with Crippen LogP contribution < -0.4 is 5.32 Å².